The fraction of sp³-hybridized carbons (Fsp3) is 0.385. The lowest BCUT2D eigenvalue weighted by Crippen LogP contribution is -2.10. The molecule has 0 bridgehead atoms. The molecule has 0 unspecified atom stereocenters. The number of alkyl halides is 2. The van der Waals surface area contributed by atoms with E-state index < -0.39 is 13.0 Å². The SMILES string of the molecule is COc1nn(C)cc1CNc1cc(Cl)cnc1OCC(F)F. The van der Waals surface area contributed by atoms with Crippen LogP contribution in [0.3, 0.4) is 0 Å². The molecule has 1 N–H and O–H groups in total. The summed E-state index contributed by atoms with van der Waals surface area (Å²) in [5, 5.41) is 7.52. The first kappa shape index (κ1) is 16.3. The quantitative estimate of drug-likeness (QED) is 0.844. The Labute approximate surface area is 131 Å². The summed E-state index contributed by atoms with van der Waals surface area (Å²) in [6.45, 7) is -0.385. The lowest BCUT2D eigenvalue weighted by atomic mass is 10.3. The van der Waals surface area contributed by atoms with E-state index in [4.69, 9.17) is 21.1 Å². The van der Waals surface area contributed by atoms with Crippen LogP contribution in [0, 0.1) is 0 Å². The zero-order valence-electron chi connectivity index (χ0n) is 12.0. The van der Waals surface area contributed by atoms with Crippen molar-refractivity contribution in [2.24, 2.45) is 7.05 Å². The molecule has 0 aliphatic heterocycles. The molecule has 0 aromatic carbocycles. The molecule has 2 rings (SSSR count). The number of pyridine rings is 1. The average Bonchev–Trinajstić information content (AvgIpc) is 2.84. The van der Waals surface area contributed by atoms with E-state index in [-0.39, 0.29) is 5.88 Å². The molecule has 2 aromatic rings. The van der Waals surface area contributed by atoms with Gasteiger partial charge in [-0.15, -0.1) is 5.10 Å². The Balaban J connectivity index is 2.12. The van der Waals surface area contributed by atoms with Crippen LogP contribution >= 0.6 is 11.6 Å². The van der Waals surface area contributed by atoms with Crippen molar-refractivity contribution < 1.29 is 18.3 Å². The number of hydrogen-bond acceptors (Lipinski definition) is 5. The van der Waals surface area contributed by atoms with Gasteiger partial charge in [-0.1, -0.05) is 11.6 Å². The van der Waals surface area contributed by atoms with E-state index >= 15 is 0 Å². The Kier molecular flexibility index (Phi) is 5.37. The molecule has 0 spiro atoms. The van der Waals surface area contributed by atoms with E-state index in [1.54, 1.807) is 24.0 Å². The van der Waals surface area contributed by atoms with Gasteiger partial charge < -0.3 is 14.8 Å². The van der Waals surface area contributed by atoms with Crippen LogP contribution in [0.4, 0.5) is 14.5 Å². The first-order valence-corrected chi connectivity index (χ1v) is 6.74. The van der Waals surface area contributed by atoms with Crippen molar-refractivity contribution in [3.63, 3.8) is 0 Å². The minimum Gasteiger partial charge on any atom is -0.480 e. The molecule has 2 aromatic heterocycles. The van der Waals surface area contributed by atoms with Crippen LogP contribution in [-0.2, 0) is 13.6 Å². The zero-order chi connectivity index (χ0) is 16.1. The van der Waals surface area contributed by atoms with Gasteiger partial charge in [-0.3, -0.25) is 4.68 Å². The number of rotatable bonds is 7. The van der Waals surface area contributed by atoms with E-state index in [0.717, 1.165) is 5.56 Å². The summed E-state index contributed by atoms with van der Waals surface area (Å²) in [5.41, 5.74) is 1.21. The van der Waals surface area contributed by atoms with Crippen molar-refractivity contribution in [2.45, 2.75) is 13.0 Å². The summed E-state index contributed by atoms with van der Waals surface area (Å²) in [5.74, 6) is 0.535. The monoisotopic (exact) mass is 332 g/mol. The van der Waals surface area contributed by atoms with Crippen LogP contribution in [0.15, 0.2) is 18.5 Å². The first-order valence-electron chi connectivity index (χ1n) is 6.36. The van der Waals surface area contributed by atoms with Crippen molar-refractivity contribution >= 4 is 17.3 Å². The van der Waals surface area contributed by atoms with Gasteiger partial charge in [-0.2, -0.15) is 0 Å². The average molecular weight is 333 g/mol. The molecule has 9 heteroatoms. The Bertz CT molecular complexity index is 636. The second-order valence-corrected chi connectivity index (χ2v) is 4.84. The predicted molar refractivity (Wildman–Crippen MR) is 77.8 cm³/mol. The molecule has 6 nitrogen and oxygen atoms in total. The van der Waals surface area contributed by atoms with E-state index in [1.165, 1.54) is 13.3 Å². The van der Waals surface area contributed by atoms with E-state index in [1.807, 2.05) is 0 Å². The molecule has 0 saturated carbocycles. The Morgan fingerprint density at radius 1 is 1.41 bits per heavy atom. The van der Waals surface area contributed by atoms with E-state index in [0.29, 0.717) is 23.1 Å². The van der Waals surface area contributed by atoms with Crippen molar-refractivity contribution in [3.8, 4) is 11.8 Å². The van der Waals surface area contributed by atoms with Gasteiger partial charge in [0.1, 0.15) is 0 Å². The highest BCUT2D eigenvalue weighted by molar-refractivity contribution is 6.30. The second-order valence-electron chi connectivity index (χ2n) is 4.40. The van der Waals surface area contributed by atoms with Gasteiger partial charge in [0.2, 0.25) is 11.8 Å². The van der Waals surface area contributed by atoms with E-state index in [2.05, 4.69) is 15.4 Å². The Morgan fingerprint density at radius 2 is 2.18 bits per heavy atom. The molecule has 0 amide bonds. The number of hydrogen-bond donors (Lipinski definition) is 1. The number of ether oxygens (including phenoxy) is 2. The summed E-state index contributed by atoms with van der Waals surface area (Å²) in [6.07, 6.45) is 0.533. The first-order chi connectivity index (χ1) is 10.5. The Hall–Kier alpha value is -2.09. The van der Waals surface area contributed by atoms with Crippen LogP contribution in [0.5, 0.6) is 11.8 Å². The van der Waals surface area contributed by atoms with Crippen LogP contribution in [0.25, 0.3) is 0 Å². The highest BCUT2D eigenvalue weighted by atomic mass is 35.5. The maximum atomic E-state index is 12.3. The lowest BCUT2D eigenvalue weighted by molar-refractivity contribution is 0.0800. The summed E-state index contributed by atoms with van der Waals surface area (Å²) in [7, 11) is 3.29. The maximum Gasteiger partial charge on any atom is 0.272 e. The predicted octanol–water partition coefficient (Wildman–Crippen LogP) is 2.73. The molecule has 0 fully saturated rings. The van der Waals surface area contributed by atoms with Crippen molar-refractivity contribution in [3.05, 3.63) is 29.0 Å². The molecular weight excluding hydrogens is 318 g/mol. The number of anilines is 1. The molecule has 0 radical (unpaired) electrons. The number of methoxy groups -OCH3 is 1. The second kappa shape index (κ2) is 7.26. The molecule has 2 heterocycles. The van der Waals surface area contributed by atoms with Crippen molar-refractivity contribution in [1.82, 2.24) is 14.8 Å². The van der Waals surface area contributed by atoms with Crippen LogP contribution in [-0.4, -0.2) is 34.9 Å². The zero-order valence-corrected chi connectivity index (χ0v) is 12.8. The van der Waals surface area contributed by atoms with Gasteiger partial charge in [0, 0.05) is 26.0 Å². The van der Waals surface area contributed by atoms with Gasteiger partial charge in [0.25, 0.3) is 6.43 Å². The highest BCUT2D eigenvalue weighted by Crippen LogP contribution is 2.27. The smallest absolute Gasteiger partial charge is 0.272 e. The maximum absolute atomic E-state index is 12.3. The van der Waals surface area contributed by atoms with Crippen LogP contribution in [0.2, 0.25) is 5.02 Å². The number of aromatic nitrogens is 3. The number of nitrogens with one attached hydrogen (secondary N) is 1. The minimum atomic E-state index is -2.58. The number of aryl methyl sites for hydroxylation is 1. The topological polar surface area (TPSA) is 61.2 Å². The van der Waals surface area contributed by atoms with Crippen LogP contribution < -0.4 is 14.8 Å². The van der Waals surface area contributed by atoms with Gasteiger partial charge >= 0.3 is 0 Å². The van der Waals surface area contributed by atoms with Gasteiger partial charge in [-0.25, -0.2) is 13.8 Å². The van der Waals surface area contributed by atoms with Crippen molar-refractivity contribution in [2.75, 3.05) is 19.0 Å². The number of halogens is 3. The highest BCUT2D eigenvalue weighted by Gasteiger charge is 2.12. The molecule has 0 atom stereocenters. The van der Waals surface area contributed by atoms with Gasteiger partial charge in [0.15, 0.2) is 6.61 Å². The third-order valence-electron chi connectivity index (χ3n) is 2.69. The third-order valence-corrected chi connectivity index (χ3v) is 2.90. The Morgan fingerprint density at radius 3 is 2.86 bits per heavy atom. The van der Waals surface area contributed by atoms with Gasteiger partial charge in [-0.05, 0) is 6.07 Å². The van der Waals surface area contributed by atoms with E-state index in [9.17, 15) is 8.78 Å². The molecule has 120 valence electrons. The van der Waals surface area contributed by atoms with Crippen LogP contribution in [0.1, 0.15) is 5.56 Å². The fourth-order valence-electron chi connectivity index (χ4n) is 1.81. The molecule has 22 heavy (non-hydrogen) atoms. The number of nitrogens with zero attached hydrogens (tertiary/aromatic N) is 3. The normalized spacial score (nSPS) is 10.8. The lowest BCUT2D eigenvalue weighted by Gasteiger charge is -2.12. The summed E-state index contributed by atoms with van der Waals surface area (Å²) in [4.78, 5) is 3.91. The summed E-state index contributed by atoms with van der Waals surface area (Å²) >= 11 is 5.88. The largest absolute Gasteiger partial charge is 0.480 e. The van der Waals surface area contributed by atoms with Crippen molar-refractivity contribution in [1.29, 1.82) is 0 Å². The molecular formula is C13H15ClF2N4O2. The molecule has 0 aliphatic rings. The third kappa shape index (κ3) is 4.20. The fourth-order valence-corrected chi connectivity index (χ4v) is 1.97. The minimum absolute atomic E-state index is 0.0626. The summed E-state index contributed by atoms with van der Waals surface area (Å²) < 4.78 is 36.2. The standard InChI is InChI=1S/C13H15ClF2N4O2/c1-20-6-8(12(19-20)21-2)4-17-10-3-9(14)5-18-13(10)22-7-11(15)16/h3,5-6,11,17H,4,7H2,1-2H3. The molecule has 0 saturated heterocycles. The summed E-state index contributed by atoms with van der Waals surface area (Å²) in [6, 6.07) is 1.55. The van der Waals surface area contributed by atoms with Gasteiger partial charge in [0.05, 0.1) is 23.4 Å². The molecule has 0 aliphatic carbocycles.